The highest BCUT2D eigenvalue weighted by Crippen LogP contribution is 2.27. The summed E-state index contributed by atoms with van der Waals surface area (Å²) in [4.78, 5) is 2.33. The van der Waals surface area contributed by atoms with Crippen molar-refractivity contribution in [3.8, 4) is 5.75 Å². The fourth-order valence-electron chi connectivity index (χ4n) is 2.29. The van der Waals surface area contributed by atoms with Crippen LogP contribution in [0.15, 0.2) is 18.2 Å². The average Bonchev–Trinajstić information content (AvgIpc) is 2.44. The van der Waals surface area contributed by atoms with E-state index in [-0.39, 0.29) is 0 Å². The normalized spacial score (nSPS) is 19.5. The minimum absolute atomic E-state index is 0.315. The molecule has 1 unspecified atom stereocenters. The van der Waals surface area contributed by atoms with Crippen molar-refractivity contribution in [3.05, 3.63) is 18.2 Å². The summed E-state index contributed by atoms with van der Waals surface area (Å²) in [5, 5.41) is 0. The predicted octanol–water partition coefficient (Wildman–Crippen LogP) is 2.67. The van der Waals surface area contributed by atoms with E-state index >= 15 is 0 Å². The Kier molecular flexibility index (Phi) is 4.91. The fourth-order valence-corrected chi connectivity index (χ4v) is 2.29. The van der Waals surface area contributed by atoms with Crippen LogP contribution in [0.3, 0.4) is 0 Å². The van der Waals surface area contributed by atoms with Gasteiger partial charge in [0.2, 0.25) is 0 Å². The van der Waals surface area contributed by atoms with Crippen molar-refractivity contribution in [1.29, 1.82) is 0 Å². The van der Waals surface area contributed by atoms with Gasteiger partial charge >= 0.3 is 0 Å². The summed E-state index contributed by atoms with van der Waals surface area (Å²) in [5.74, 6) is 0.858. The predicted molar refractivity (Wildman–Crippen MR) is 78.9 cm³/mol. The Balaban J connectivity index is 2.11. The Hall–Kier alpha value is -1.42. The van der Waals surface area contributed by atoms with Crippen molar-refractivity contribution in [2.45, 2.75) is 32.8 Å². The number of rotatable bonds is 5. The maximum Gasteiger partial charge on any atom is 0.123 e. The van der Waals surface area contributed by atoms with Gasteiger partial charge in [0.1, 0.15) is 5.75 Å². The van der Waals surface area contributed by atoms with Crippen molar-refractivity contribution in [2.75, 3.05) is 36.9 Å². The summed E-state index contributed by atoms with van der Waals surface area (Å²) in [6, 6.07) is 5.97. The molecule has 0 aromatic heterocycles. The van der Waals surface area contributed by atoms with Gasteiger partial charge in [-0.3, -0.25) is 0 Å². The molecule has 1 aromatic rings. The Labute approximate surface area is 115 Å². The Bertz CT molecular complexity index is 409. The zero-order valence-electron chi connectivity index (χ0n) is 11.9. The van der Waals surface area contributed by atoms with Crippen LogP contribution in [-0.2, 0) is 4.74 Å². The lowest BCUT2D eigenvalue weighted by molar-refractivity contribution is 0.0384. The number of benzene rings is 1. The zero-order valence-corrected chi connectivity index (χ0v) is 11.9. The zero-order chi connectivity index (χ0) is 13.7. The molecular formula is C15H24N2O2. The van der Waals surface area contributed by atoms with E-state index < -0.39 is 0 Å². The van der Waals surface area contributed by atoms with Gasteiger partial charge in [-0.1, -0.05) is 13.8 Å². The molecule has 1 heterocycles. The van der Waals surface area contributed by atoms with Crippen LogP contribution in [-0.4, -0.2) is 32.4 Å². The summed E-state index contributed by atoms with van der Waals surface area (Å²) in [6.07, 6.45) is 2.35. The number of nitrogen functional groups attached to an aromatic ring is 1. The third kappa shape index (κ3) is 3.77. The van der Waals surface area contributed by atoms with Crippen molar-refractivity contribution >= 4 is 11.4 Å². The number of hydrogen-bond acceptors (Lipinski definition) is 4. The first-order valence-corrected chi connectivity index (χ1v) is 7.12. The van der Waals surface area contributed by atoms with Crippen LogP contribution in [0.4, 0.5) is 11.4 Å². The third-order valence-electron chi connectivity index (χ3n) is 3.35. The van der Waals surface area contributed by atoms with Gasteiger partial charge in [0.05, 0.1) is 19.3 Å². The van der Waals surface area contributed by atoms with Crippen molar-refractivity contribution < 1.29 is 9.47 Å². The van der Waals surface area contributed by atoms with E-state index in [2.05, 4.69) is 24.8 Å². The first kappa shape index (κ1) is 14.0. The summed E-state index contributed by atoms with van der Waals surface area (Å²) in [7, 11) is 0. The highest BCUT2D eigenvalue weighted by Gasteiger charge is 2.19. The lowest BCUT2D eigenvalue weighted by Gasteiger charge is -2.34. The fraction of sp³-hybridized carbons (Fsp3) is 0.600. The van der Waals surface area contributed by atoms with Gasteiger partial charge < -0.3 is 20.1 Å². The molecule has 1 fully saturated rings. The second-order valence-electron chi connectivity index (χ2n) is 4.96. The molecule has 2 rings (SSSR count). The molecule has 0 amide bonds. The molecule has 1 aliphatic rings. The number of hydrogen-bond donors (Lipinski definition) is 1. The standard InChI is InChI=1S/C15H24N2O2/c1-3-6-18-15-9-12(16)8-13(10-15)17-5-7-19-14(4-2)11-17/h8-10,14H,3-7,11,16H2,1-2H3. The molecule has 0 saturated carbocycles. The first-order valence-electron chi connectivity index (χ1n) is 7.12. The van der Waals surface area contributed by atoms with Gasteiger partial charge in [0.15, 0.2) is 0 Å². The van der Waals surface area contributed by atoms with Gasteiger partial charge in [-0.05, 0) is 18.9 Å². The van der Waals surface area contributed by atoms with E-state index in [1.165, 1.54) is 0 Å². The quantitative estimate of drug-likeness (QED) is 0.831. The molecule has 1 atom stereocenters. The number of anilines is 2. The maximum absolute atomic E-state index is 5.97. The Morgan fingerprint density at radius 3 is 2.95 bits per heavy atom. The number of nitrogens with zero attached hydrogens (tertiary/aromatic N) is 1. The summed E-state index contributed by atoms with van der Waals surface area (Å²) < 4.78 is 11.4. The van der Waals surface area contributed by atoms with Crippen LogP contribution in [0.2, 0.25) is 0 Å². The van der Waals surface area contributed by atoms with E-state index in [0.29, 0.717) is 6.10 Å². The highest BCUT2D eigenvalue weighted by atomic mass is 16.5. The smallest absolute Gasteiger partial charge is 0.123 e. The summed E-state index contributed by atoms with van der Waals surface area (Å²) >= 11 is 0. The SMILES string of the molecule is CCCOc1cc(N)cc(N2CCOC(CC)C2)c1. The van der Waals surface area contributed by atoms with Gasteiger partial charge in [-0.15, -0.1) is 0 Å². The lowest BCUT2D eigenvalue weighted by atomic mass is 10.2. The minimum atomic E-state index is 0.315. The van der Waals surface area contributed by atoms with Crippen LogP contribution < -0.4 is 15.4 Å². The molecule has 0 radical (unpaired) electrons. The van der Waals surface area contributed by atoms with E-state index in [0.717, 1.165) is 56.3 Å². The first-order chi connectivity index (χ1) is 9.22. The van der Waals surface area contributed by atoms with Gasteiger partial charge in [0, 0.05) is 36.6 Å². The topological polar surface area (TPSA) is 47.7 Å². The minimum Gasteiger partial charge on any atom is -0.493 e. The van der Waals surface area contributed by atoms with E-state index in [9.17, 15) is 0 Å². The van der Waals surface area contributed by atoms with Crippen molar-refractivity contribution in [1.82, 2.24) is 0 Å². The van der Waals surface area contributed by atoms with Crippen LogP contribution in [0.25, 0.3) is 0 Å². The lowest BCUT2D eigenvalue weighted by Crippen LogP contribution is -2.42. The highest BCUT2D eigenvalue weighted by molar-refractivity contribution is 5.60. The second kappa shape index (κ2) is 6.66. The molecule has 4 nitrogen and oxygen atoms in total. The second-order valence-corrected chi connectivity index (χ2v) is 4.96. The molecule has 2 N–H and O–H groups in total. The summed E-state index contributed by atoms with van der Waals surface area (Å²) in [5.41, 5.74) is 7.85. The average molecular weight is 264 g/mol. The van der Waals surface area contributed by atoms with Crippen molar-refractivity contribution in [2.24, 2.45) is 0 Å². The van der Waals surface area contributed by atoms with Crippen LogP contribution in [0, 0.1) is 0 Å². The van der Waals surface area contributed by atoms with Crippen LogP contribution >= 0.6 is 0 Å². The van der Waals surface area contributed by atoms with Gasteiger partial charge in [0.25, 0.3) is 0 Å². The van der Waals surface area contributed by atoms with Crippen molar-refractivity contribution in [3.63, 3.8) is 0 Å². The molecule has 0 bridgehead atoms. The van der Waals surface area contributed by atoms with Crippen LogP contribution in [0.1, 0.15) is 26.7 Å². The number of ether oxygens (including phenoxy) is 2. The van der Waals surface area contributed by atoms with Gasteiger partial charge in [-0.2, -0.15) is 0 Å². The number of morpholine rings is 1. The Morgan fingerprint density at radius 1 is 1.37 bits per heavy atom. The molecule has 0 aliphatic carbocycles. The maximum atomic E-state index is 5.97. The third-order valence-corrected chi connectivity index (χ3v) is 3.35. The molecule has 106 valence electrons. The summed E-state index contributed by atoms with van der Waals surface area (Å²) in [6.45, 7) is 7.59. The molecule has 1 aliphatic heterocycles. The van der Waals surface area contributed by atoms with E-state index in [1.807, 2.05) is 12.1 Å². The number of nitrogens with two attached hydrogens (primary N) is 1. The molecule has 19 heavy (non-hydrogen) atoms. The molecular weight excluding hydrogens is 240 g/mol. The van der Waals surface area contributed by atoms with Gasteiger partial charge in [-0.25, -0.2) is 0 Å². The monoisotopic (exact) mass is 264 g/mol. The molecule has 0 spiro atoms. The van der Waals surface area contributed by atoms with E-state index in [1.54, 1.807) is 0 Å². The molecule has 1 saturated heterocycles. The largest absolute Gasteiger partial charge is 0.493 e. The Morgan fingerprint density at radius 2 is 2.21 bits per heavy atom. The molecule has 4 heteroatoms. The van der Waals surface area contributed by atoms with Crippen LogP contribution in [0.5, 0.6) is 5.75 Å². The molecule has 1 aromatic carbocycles. The van der Waals surface area contributed by atoms with E-state index in [4.69, 9.17) is 15.2 Å².